The number of nitrogens with zero attached hydrogens (tertiary/aromatic N) is 5. The van der Waals surface area contributed by atoms with Gasteiger partial charge in [-0.1, -0.05) is 0 Å². The maximum absolute atomic E-state index is 13.3. The number of nitrogens with one attached hydrogen (secondary N) is 1. The van der Waals surface area contributed by atoms with Gasteiger partial charge in [-0.05, 0) is 12.1 Å². The minimum absolute atomic E-state index is 0.309. The summed E-state index contributed by atoms with van der Waals surface area (Å²) >= 11 is 0. The SMILES string of the molecule is CNc1ncc(CN(C)c2ncnc3cc(F)ccc23)cn1. The third kappa shape index (κ3) is 2.78. The minimum atomic E-state index is -0.309. The number of hydrogen-bond acceptors (Lipinski definition) is 6. The van der Waals surface area contributed by atoms with Crippen molar-refractivity contribution in [3.05, 3.63) is 48.3 Å². The van der Waals surface area contributed by atoms with Gasteiger partial charge in [0.05, 0.1) is 5.52 Å². The van der Waals surface area contributed by atoms with Crippen LogP contribution >= 0.6 is 0 Å². The van der Waals surface area contributed by atoms with Gasteiger partial charge < -0.3 is 10.2 Å². The predicted octanol–water partition coefficient (Wildman–Crippen LogP) is 2.24. The van der Waals surface area contributed by atoms with Crippen LogP contribution in [0.1, 0.15) is 5.56 Å². The fourth-order valence-corrected chi connectivity index (χ4v) is 2.23. The highest BCUT2D eigenvalue weighted by Crippen LogP contribution is 2.23. The van der Waals surface area contributed by atoms with E-state index in [1.807, 2.05) is 11.9 Å². The van der Waals surface area contributed by atoms with Crippen molar-refractivity contribution in [2.75, 3.05) is 24.3 Å². The van der Waals surface area contributed by atoms with Crippen LogP contribution in [-0.2, 0) is 6.54 Å². The van der Waals surface area contributed by atoms with Crippen LogP contribution in [0.3, 0.4) is 0 Å². The molecular weight excluding hydrogens is 283 g/mol. The summed E-state index contributed by atoms with van der Waals surface area (Å²) in [6, 6.07) is 4.50. The lowest BCUT2D eigenvalue weighted by molar-refractivity contribution is 0.629. The Balaban J connectivity index is 1.89. The molecule has 0 aliphatic rings. The molecule has 0 atom stereocenters. The Hall–Kier alpha value is -2.83. The van der Waals surface area contributed by atoms with Crippen molar-refractivity contribution in [1.82, 2.24) is 19.9 Å². The molecule has 1 N–H and O–H groups in total. The lowest BCUT2D eigenvalue weighted by Crippen LogP contribution is -2.18. The Morgan fingerprint density at radius 3 is 2.64 bits per heavy atom. The van der Waals surface area contributed by atoms with Gasteiger partial charge in [-0.3, -0.25) is 0 Å². The van der Waals surface area contributed by atoms with E-state index >= 15 is 0 Å². The van der Waals surface area contributed by atoms with Crippen LogP contribution in [-0.4, -0.2) is 34.0 Å². The number of anilines is 2. The van der Waals surface area contributed by atoms with Crippen molar-refractivity contribution in [1.29, 1.82) is 0 Å². The van der Waals surface area contributed by atoms with Crippen LogP contribution in [0.2, 0.25) is 0 Å². The molecule has 0 saturated carbocycles. The maximum Gasteiger partial charge on any atom is 0.222 e. The van der Waals surface area contributed by atoms with Crippen LogP contribution in [0.25, 0.3) is 10.9 Å². The molecule has 1 aromatic carbocycles. The summed E-state index contributed by atoms with van der Waals surface area (Å²) in [6.07, 6.45) is 4.96. The molecule has 0 radical (unpaired) electrons. The van der Waals surface area contributed by atoms with E-state index in [1.54, 1.807) is 25.5 Å². The summed E-state index contributed by atoms with van der Waals surface area (Å²) in [6.45, 7) is 0.591. The van der Waals surface area contributed by atoms with E-state index in [-0.39, 0.29) is 5.82 Å². The lowest BCUT2D eigenvalue weighted by atomic mass is 10.2. The summed E-state index contributed by atoms with van der Waals surface area (Å²) in [4.78, 5) is 18.7. The van der Waals surface area contributed by atoms with E-state index in [1.165, 1.54) is 18.5 Å². The summed E-state index contributed by atoms with van der Waals surface area (Å²) in [5, 5.41) is 3.68. The first-order chi connectivity index (χ1) is 10.7. The van der Waals surface area contributed by atoms with E-state index in [0.717, 1.165) is 16.8 Å². The number of hydrogen-bond donors (Lipinski definition) is 1. The van der Waals surface area contributed by atoms with Gasteiger partial charge in [-0.2, -0.15) is 0 Å². The van der Waals surface area contributed by atoms with Crippen molar-refractivity contribution in [3.63, 3.8) is 0 Å². The van der Waals surface area contributed by atoms with Gasteiger partial charge in [0.2, 0.25) is 5.95 Å². The average Bonchev–Trinajstić information content (AvgIpc) is 2.54. The second-order valence-corrected chi connectivity index (χ2v) is 4.88. The summed E-state index contributed by atoms with van der Waals surface area (Å²) in [5.41, 5.74) is 1.54. The fraction of sp³-hybridized carbons (Fsp3) is 0.200. The fourth-order valence-electron chi connectivity index (χ4n) is 2.23. The molecule has 0 spiro atoms. The number of fused-ring (bicyclic) bond motifs is 1. The Morgan fingerprint density at radius 2 is 1.91 bits per heavy atom. The first-order valence-electron chi connectivity index (χ1n) is 6.77. The molecule has 0 aliphatic carbocycles. The van der Waals surface area contributed by atoms with E-state index in [9.17, 15) is 4.39 Å². The molecule has 0 amide bonds. The van der Waals surface area contributed by atoms with Gasteiger partial charge >= 0.3 is 0 Å². The van der Waals surface area contributed by atoms with E-state index in [4.69, 9.17) is 0 Å². The highest BCUT2D eigenvalue weighted by molar-refractivity contribution is 5.89. The second kappa shape index (κ2) is 5.88. The number of halogens is 1. The Kier molecular flexibility index (Phi) is 3.78. The third-order valence-electron chi connectivity index (χ3n) is 3.29. The van der Waals surface area contributed by atoms with Crippen LogP contribution < -0.4 is 10.2 Å². The molecule has 0 aliphatic heterocycles. The standard InChI is InChI=1S/C15H15FN6/c1-17-15-18-6-10(7-19-15)8-22(2)14-12-4-3-11(16)5-13(12)20-9-21-14/h3-7,9H,8H2,1-2H3,(H,17,18,19). The second-order valence-electron chi connectivity index (χ2n) is 4.88. The van der Waals surface area contributed by atoms with E-state index < -0.39 is 0 Å². The average molecular weight is 298 g/mol. The molecular formula is C15H15FN6. The third-order valence-corrected chi connectivity index (χ3v) is 3.29. The first-order valence-corrected chi connectivity index (χ1v) is 6.77. The van der Waals surface area contributed by atoms with Gasteiger partial charge in [-0.25, -0.2) is 24.3 Å². The van der Waals surface area contributed by atoms with Gasteiger partial charge in [0.15, 0.2) is 0 Å². The molecule has 2 heterocycles. The molecule has 0 fully saturated rings. The van der Waals surface area contributed by atoms with Gasteiger partial charge in [-0.15, -0.1) is 0 Å². The summed E-state index contributed by atoms with van der Waals surface area (Å²) in [5.74, 6) is 1.01. The lowest BCUT2D eigenvalue weighted by Gasteiger charge is -2.19. The zero-order chi connectivity index (χ0) is 15.5. The maximum atomic E-state index is 13.3. The molecule has 3 aromatic rings. The number of benzene rings is 1. The monoisotopic (exact) mass is 298 g/mol. The minimum Gasteiger partial charge on any atom is -0.357 e. The van der Waals surface area contributed by atoms with Crippen LogP contribution in [0.15, 0.2) is 36.9 Å². The molecule has 0 bridgehead atoms. The smallest absolute Gasteiger partial charge is 0.222 e. The molecule has 3 rings (SSSR count). The van der Waals surface area contributed by atoms with Crippen molar-refractivity contribution in [2.24, 2.45) is 0 Å². The highest BCUT2D eigenvalue weighted by Gasteiger charge is 2.10. The molecule has 2 aromatic heterocycles. The van der Waals surface area contributed by atoms with E-state index in [0.29, 0.717) is 18.0 Å². The summed E-state index contributed by atoms with van der Waals surface area (Å²) < 4.78 is 13.3. The quantitative estimate of drug-likeness (QED) is 0.797. The zero-order valence-corrected chi connectivity index (χ0v) is 12.3. The van der Waals surface area contributed by atoms with Gasteiger partial charge in [0, 0.05) is 50.0 Å². The molecule has 0 unspecified atom stereocenters. The Morgan fingerprint density at radius 1 is 1.14 bits per heavy atom. The van der Waals surface area contributed by atoms with Crippen LogP contribution in [0.4, 0.5) is 16.2 Å². The topological polar surface area (TPSA) is 66.8 Å². The van der Waals surface area contributed by atoms with Gasteiger partial charge in [0.1, 0.15) is 18.0 Å². The molecule has 112 valence electrons. The number of aromatic nitrogens is 4. The molecule has 22 heavy (non-hydrogen) atoms. The molecule has 6 nitrogen and oxygen atoms in total. The predicted molar refractivity (Wildman–Crippen MR) is 83.2 cm³/mol. The van der Waals surface area contributed by atoms with Crippen molar-refractivity contribution in [2.45, 2.75) is 6.54 Å². The van der Waals surface area contributed by atoms with Crippen molar-refractivity contribution < 1.29 is 4.39 Å². The van der Waals surface area contributed by atoms with Crippen LogP contribution in [0.5, 0.6) is 0 Å². The number of rotatable bonds is 4. The molecule has 7 heteroatoms. The zero-order valence-electron chi connectivity index (χ0n) is 12.3. The largest absolute Gasteiger partial charge is 0.357 e. The van der Waals surface area contributed by atoms with Crippen LogP contribution in [0, 0.1) is 5.82 Å². The van der Waals surface area contributed by atoms with Crippen molar-refractivity contribution >= 4 is 22.7 Å². The first kappa shape index (κ1) is 14.1. The summed E-state index contributed by atoms with van der Waals surface area (Å²) in [7, 11) is 3.68. The van der Waals surface area contributed by atoms with Gasteiger partial charge in [0.25, 0.3) is 0 Å². The normalized spacial score (nSPS) is 10.7. The van der Waals surface area contributed by atoms with E-state index in [2.05, 4.69) is 25.3 Å². The highest BCUT2D eigenvalue weighted by atomic mass is 19.1. The molecule has 0 saturated heterocycles. The van der Waals surface area contributed by atoms with Crippen molar-refractivity contribution in [3.8, 4) is 0 Å². The Labute approximate surface area is 127 Å². The Bertz CT molecular complexity index is 790.